The van der Waals surface area contributed by atoms with Crippen LogP contribution in [-0.2, 0) is 11.8 Å². The van der Waals surface area contributed by atoms with Crippen molar-refractivity contribution in [2.75, 3.05) is 13.2 Å². The van der Waals surface area contributed by atoms with Crippen LogP contribution in [0.15, 0.2) is 18.2 Å². The summed E-state index contributed by atoms with van der Waals surface area (Å²) in [5.74, 6) is 0.991. The van der Waals surface area contributed by atoms with E-state index in [-0.39, 0.29) is 10.8 Å². The van der Waals surface area contributed by atoms with Crippen molar-refractivity contribution in [2.24, 2.45) is 5.41 Å². The third-order valence-electron chi connectivity index (χ3n) is 4.26. The summed E-state index contributed by atoms with van der Waals surface area (Å²) in [6.07, 6.45) is 1.79. The van der Waals surface area contributed by atoms with Crippen LogP contribution in [0, 0.1) is 5.41 Å². The number of nitrogens with one attached hydrogen (secondary N) is 1. The summed E-state index contributed by atoms with van der Waals surface area (Å²) in [4.78, 5) is 10.7. The van der Waals surface area contributed by atoms with Crippen LogP contribution in [-0.4, -0.2) is 24.4 Å². The molecule has 1 aromatic rings. The van der Waals surface area contributed by atoms with Gasteiger partial charge in [-0.1, -0.05) is 39.8 Å². The third-order valence-corrected chi connectivity index (χ3v) is 4.26. The third kappa shape index (κ3) is 4.15. The van der Waals surface area contributed by atoms with Gasteiger partial charge in [0.15, 0.2) is 0 Å². The molecule has 0 bridgehead atoms. The molecule has 0 radical (unpaired) electrons. The van der Waals surface area contributed by atoms with Gasteiger partial charge >= 0.3 is 6.09 Å². The number of carboxylic acid groups (broad SMARTS) is 1. The van der Waals surface area contributed by atoms with E-state index in [1.165, 1.54) is 11.1 Å². The quantitative estimate of drug-likeness (QED) is 0.865. The Bertz CT molecular complexity index is 548. The maximum absolute atomic E-state index is 10.7. The Kier molecular flexibility index (Phi) is 4.69. The highest BCUT2D eigenvalue weighted by molar-refractivity contribution is 5.64. The molecule has 122 valence electrons. The summed E-state index contributed by atoms with van der Waals surface area (Å²) in [5.41, 5.74) is 2.66. The van der Waals surface area contributed by atoms with Gasteiger partial charge in [0.05, 0.1) is 6.61 Å². The fourth-order valence-electron chi connectivity index (χ4n) is 3.51. The van der Waals surface area contributed by atoms with Crippen LogP contribution in [0.5, 0.6) is 5.75 Å². The first-order chi connectivity index (χ1) is 10.2. The molecule has 4 heteroatoms. The average Bonchev–Trinajstić information content (AvgIpc) is 2.83. The second-order valence-corrected chi connectivity index (χ2v) is 7.70. The van der Waals surface area contributed by atoms with Gasteiger partial charge in [0.25, 0.3) is 0 Å². The van der Waals surface area contributed by atoms with Crippen LogP contribution >= 0.6 is 0 Å². The summed E-state index contributed by atoms with van der Waals surface area (Å²) in [7, 11) is 0. The monoisotopic (exact) mass is 305 g/mol. The molecule has 1 atom stereocenters. The largest absolute Gasteiger partial charge is 0.493 e. The minimum absolute atomic E-state index is 0.0572. The van der Waals surface area contributed by atoms with Gasteiger partial charge in [0, 0.05) is 13.0 Å². The number of hydrogen-bond acceptors (Lipinski definition) is 2. The lowest BCUT2D eigenvalue weighted by Gasteiger charge is -2.36. The zero-order valence-corrected chi connectivity index (χ0v) is 14.0. The molecule has 2 N–H and O–H groups in total. The first kappa shape index (κ1) is 16.7. The Morgan fingerprint density at radius 1 is 1.32 bits per heavy atom. The molecule has 0 aliphatic carbocycles. The summed E-state index contributed by atoms with van der Waals surface area (Å²) >= 11 is 0. The van der Waals surface area contributed by atoms with Gasteiger partial charge in [-0.05, 0) is 40.9 Å². The molecule has 0 aromatic heterocycles. The van der Waals surface area contributed by atoms with Gasteiger partial charge in [-0.25, -0.2) is 4.79 Å². The molecule has 1 aliphatic heterocycles. The van der Waals surface area contributed by atoms with E-state index >= 15 is 0 Å². The molecule has 0 spiro atoms. The highest BCUT2D eigenvalue weighted by atomic mass is 16.5. The Balaban J connectivity index is 2.24. The fraction of sp³-hybridized carbons (Fsp3) is 0.611. The normalized spacial score (nSPS) is 16.5. The predicted octanol–water partition coefficient (Wildman–Crippen LogP) is 3.97. The molecule has 0 saturated carbocycles. The molecular formula is C18H27NO3. The Hall–Kier alpha value is -1.71. The highest BCUT2D eigenvalue weighted by Crippen LogP contribution is 2.41. The second kappa shape index (κ2) is 6.19. The molecule has 2 rings (SSSR count). The number of amides is 1. The van der Waals surface area contributed by atoms with Crippen molar-refractivity contribution in [1.29, 1.82) is 0 Å². The minimum Gasteiger partial charge on any atom is -0.493 e. The number of ether oxygens (including phenoxy) is 1. The summed E-state index contributed by atoms with van der Waals surface area (Å²) < 4.78 is 5.59. The van der Waals surface area contributed by atoms with Gasteiger partial charge < -0.3 is 15.2 Å². The van der Waals surface area contributed by atoms with Crippen molar-refractivity contribution in [2.45, 2.75) is 52.4 Å². The molecule has 1 heterocycles. The van der Waals surface area contributed by atoms with Gasteiger partial charge in [0.1, 0.15) is 5.75 Å². The number of hydrogen-bond donors (Lipinski definition) is 2. The molecule has 1 amide bonds. The first-order valence-electron chi connectivity index (χ1n) is 7.93. The van der Waals surface area contributed by atoms with Crippen molar-refractivity contribution in [3.8, 4) is 5.75 Å². The smallest absolute Gasteiger partial charge is 0.404 e. The van der Waals surface area contributed by atoms with Crippen molar-refractivity contribution in [3.63, 3.8) is 0 Å². The number of benzene rings is 1. The fourth-order valence-corrected chi connectivity index (χ4v) is 3.51. The SMILES string of the molecule is CC(C)(C)CC(C)(CCNC(=O)O)c1ccc2c(c1)CCO2. The first-order valence-corrected chi connectivity index (χ1v) is 7.93. The van der Waals surface area contributed by atoms with Crippen LogP contribution in [0.4, 0.5) is 4.79 Å². The van der Waals surface area contributed by atoms with E-state index in [4.69, 9.17) is 9.84 Å². The van der Waals surface area contributed by atoms with Crippen LogP contribution in [0.2, 0.25) is 0 Å². The van der Waals surface area contributed by atoms with E-state index in [1.54, 1.807) is 0 Å². The standard InChI is InChI=1S/C18H27NO3/c1-17(2,3)12-18(4,8-9-19-16(20)21)14-5-6-15-13(11-14)7-10-22-15/h5-6,11,19H,7-10,12H2,1-4H3,(H,20,21). The van der Waals surface area contributed by atoms with E-state index in [0.717, 1.165) is 31.6 Å². The van der Waals surface area contributed by atoms with Crippen molar-refractivity contribution in [1.82, 2.24) is 5.32 Å². The summed E-state index contributed by atoms with van der Waals surface area (Å²) in [6, 6.07) is 6.44. The molecular weight excluding hydrogens is 278 g/mol. The maximum Gasteiger partial charge on any atom is 0.404 e. The van der Waals surface area contributed by atoms with Crippen molar-refractivity contribution < 1.29 is 14.6 Å². The van der Waals surface area contributed by atoms with E-state index < -0.39 is 6.09 Å². The number of rotatable bonds is 5. The molecule has 1 aromatic carbocycles. The molecule has 0 saturated heterocycles. The number of carbonyl (C=O) groups is 1. The zero-order valence-electron chi connectivity index (χ0n) is 14.0. The van der Waals surface area contributed by atoms with Crippen molar-refractivity contribution in [3.05, 3.63) is 29.3 Å². The Labute approximate surface area is 132 Å². The molecule has 1 unspecified atom stereocenters. The summed E-state index contributed by atoms with van der Waals surface area (Å²) in [5, 5.41) is 11.3. The maximum atomic E-state index is 10.7. The molecule has 4 nitrogen and oxygen atoms in total. The average molecular weight is 305 g/mol. The predicted molar refractivity (Wildman–Crippen MR) is 87.7 cm³/mol. The lowest BCUT2D eigenvalue weighted by Crippen LogP contribution is -2.33. The Morgan fingerprint density at radius 3 is 2.68 bits per heavy atom. The van der Waals surface area contributed by atoms with Crippen molar-refractivity contribution >= 4 is 6.09 Å². The molecule has 0 fully saturated rings. The molecule has 1 aliphatic rings. The van der Waals surface area contributed by atoms with Gasteiger partial charge in [-0.3, -0.25) is 0 Å². The van der Waals surface area contributed by atoms with Crippen LogP contribution in [0.3, 0.4) is 0 Å². The minimum atomic E-state index is -0.958. The van der Waals surface area contributed by atoms with E-state index in [2.05, 4.69) is 51.2 Å². The van der Waals surface area contributed by atoms with Crippen LogP contribution in [0.25, 0.3) is 0 Å². The summed E-state index contributed by atoms with van der Waals surface area (Å²) in [6.45, 7) is 10.1. The Morgan fingerprint density at radius 2 is 2.05 bits per heavy atom. The van der Waals surface area contributed by atoms with Gasteiger partial charge in [0.2, 0.25) is 0 Å². The topological polar surface area (TPSA) is 58.6 Å². The number of fused-ring (bicyclic) bond motifs is 1. The highest BCUT2D eigenvalue weighted by Gasteiger charge is 2.32. The molecule has 22 heavy (non-hydrogen) atoms. The zero-order chi connectivity index (χ0) is 16.4. The van der Waals surface area contributed by atoms with Crippen LogP contribution < -0.4 is 10.1 Å². The second-order valence-electron chi connectivity index (χ2n) is 7.70. The van der Waals surface area contributed by atoms with Crippen LogP contribution in [0.1, 0.15) is 51.7 Å². The van der Waals surface area contributed by atoms with E-state index in [1.807, 2.05) is 0 Å². The van der Waals surface area contributed by atoms with Gasteiger partial charge in [-0.2, -0.15) is 0 Å². The van der Waals surface area contributed by atoms with E-state index in [0.29, 0.717) is 6.54 Å². The lowest BCUT2D eigenvalue weighted by atomic mass is 9.69. The van der Waals surface area contributed by atoms with E-state index in [9.17, 15) is 4.79 Å². The lowest BCUT2D eigenvalue weighted by molar-refractivity contribution is 0.191. The van der Waals surface area contributed by atoms with Gasteiger partial charge in [-0.15, -0.1) is 0 Å².